The number of rotatable bonds is 17. The Balaban J connectivity index is 1.80. The van der Waals surface area contributed by atoms with Crippen molar-refractivity contribution in [2.24, 2.45) is 5.41 Å². The number of nitrogens with zero attached hydrogens (tertiary/aromatic N) is 1. The van der Waals surface area contributed by atoms with Crippen LogP contribution in [0.3, 0.4) is 0 Å². The lowest BCUT2D eigenvalue weighted by Crippen LogP contribution is -2.26. The SMILES string of the molecule is CCC(C)(C)C(=O)OCCCCCCCCOc1ccc(/C=C(\C#N)c2ccc(OC)c(OC)c2)cc1OC. The average molecular weight is 538 g/mol. The van der Waals surface area contributed by atoms with Gasteiger partial charge in [0.1, 0.15) is 0 Å². The molecule has 0 aromatic heterocycles. The van der Waals surface area contributed by atoms with E-state index in [1.165, 1.54) is 0 Å². The van der Waals surface area contributed by atoms with Gasteiger partial charge in [0.2, 0.25) is 0 Å². The standard InChI is InChI=1S/C32H43NO6/c1-7-32(2,3)31(34)39-19-13-11-9-8-10-12-18-38-28-16-14-24(21-29(28)36-5)20-26(23-33)25-15-17-27(35-4)30(22-25)37-6/h14-17,20-22H,7-13,18-19H2,1-6H3/b26-20+. The molecule has 0 N–H and O–H groups in total. The van der Waals surface area contributed by atoms with Crippen LogP contribution in [0, 0.1) is 16.7 Å². The summed E-state index contributed by atoms with van der Waals surface area (Å²) in [6.07, 6.45) is 8.79. The van der Waals surface area contributed by atoms with E-state index >= 15 is 0 Å². The van der Waals surface area contributed by atoms with E-state index in [1.54, 1.807) is 39.5 Å². The van der Waals surface area contributed by atoms with E-state index in [-0.39, 0.29) is 5.97 Å². The summed E-state index contributed by atoms with van der Waals surface area (Å²) < 4.78 is 27.6. The fourth-order valence-corrected chi connectivity index (χ4v) is 3.84. The van der Waals surface area contributed by atoms with Crippen LogP contribution < -0.4 is 18.9 Å². The zero-order chi connectivity index (χ0) is 28.7. The van der Waals surface area contributed by atoms with Crippen LogP contribution in [-0.4, -0.2) is 40.5 Å². The van der Waals surface area contributed by atoms with Crippen molar-refractivity contribution in [1.82, 2.24) is 0 Å². The van der Waals surface area contributed by atoms with Crippen LogP contribution in [0.25, 0.3) is 11.6 Å². The highest BCUT2D eigenvalue weighted by Gasteiger charge is 2.26. The Hall–Kier alpha value is -3.66. The average Bonchev–Trinajstić information content (AvgIpc) is 2.96. The third-order valence-corrected chi connectivity index (χ3v) is 6.78. The van der Waals surface area contributed by atoms with Crippen LogP contribution in [0.5, 0.6) is 23.0 Å². The summed E-state index contributed by atoms with van der Waals surface area (Å²) in [6.45, 7) is 6.95. The third kappa shape index (κ3) is 9.86. The van der Waals surface area contributed by atoms with Gasteiger partial charge >= 0.3 is 5.97 Å². The second-order valence-electron chi connectivity index (χ2n) is 9.99. The quantitative estimate of drug-likeness (QED) is 0.0895. The number of carbonyl (C=O) groups is 1. The number of nitriles is 1. The summed E-state index contributed by atoms with van der Waals surface area (Å²) in [5.41, 5.74) is 1.66. The maximum absolute atomic E-state index is 12.0. The molecule has 7 heteroatoms. The Kier molecular flexibility index (Phi) is 13.2. The molecule has 39 heavy (non-hydrogen) atoms. The van der Waals surface area contributed by atoms with Crippen LogP contribution in [0.1, 0.15) is 76.8 Å². The van der Waals surface area contributed by atoms with Gasteiger partial charge in [-0.05, 0) is 80.6 Å². The van der Waals surface area contributed by atoms with Gasteiger partial charge in [-0.15, -0.1) is 0 Å². The summed E-state index contributed by atoms with van der Waals surface area (Å²) in [5.74, 6) is 2.36. The molecule has 0 bridgehead atoms. The molecule has 2 rings (SSSR count). The number of ether oxygens (including phenoxy) is 5. The Bertz CT molecular complexity index is 1130. The minimum Gasteiger partial charge on any atom is -0.493 e. The van der Waals surface area contributed by atoms with Gasteiger partial charge in [-0.25, -0.2) is 0 Å². The minimum atomic E-state index is -0.398. The predicted octanol–water partition coefficient (Wildman–Crippen LogP) is 7.48. The molecule has 7 nitrogen and oxygen atoms in total. The molecule has 0 aliphatic heterocycles. The third-order valence-electron chi connectivity index (χ3n) is 6.78. The fourth-order valence-electron chi connectivity index (χ4n) is 3.84. The second-order valence-corrected chi connectivity index (χ2v) is 9.99. The molecule has 212 valence electrons. The molecule has 0 spiro atoms. The molecule has 0 saturated heterocycles. The van der Waals surface area contributed by atoms with E-state index in [0.717, 1.165) is 56.1 Å². The molecular formula is C32H43NO6. The Morgan fingerprint density at radius 3 is 2.03 bits per heavy atom. The largest absolute Gasteiger partial charge is 0.493 e. The van der Waals surface area contributed by atoms with E-state index in [9.17, 15) is 10.1 Å². The smallest absolute Gasteiger partial charge is 0.311 e. The van der Waals surface area contributed by atoms with E-state index < -0.39 is 5.41 Å². The molecule has 0 aliphatic rings. The van der Waals surface area contributed by atoms with Crippen molar-refractivity contribution in [1.29, 1.82) is 5.26 Å². The monoisotopic (exact) mass is 537 g/mol. The van der Waals surface area contributed by atoms with Crippen molar-refractivity contribution in [3.05, 3.63) is 47.5 Å². The molecule has 0 atom stereocenters. The highest BCUT2D eigenvalue weighted by molar-refractivity contribution is 5.90. The van der Waals surface area contributed by atoms with Crippen LogP contribution >= 0.6 is 0 Å². The molecule has 2 aromatic carbocycles. The van der Waals surface area contributed by atoms with Gasteiger partial charge in [0, 0.05) is 0 Å². The van der Waals surface area contributed by atoms with Crippen molar-refractivity contribution in [2.75, 3.05) is 34.5 Å². The number of esters is 1. The number of hydrogen-bond donors (Lipinski definition) is 0. The summed E-state index contributed by atoms with van der Waals surface area (Å²) in [7, 11) is 4.75. The highest BCUT2D eigenvalue weighted by Crippen LogP contribution is 2.33. The number of methoxy groups -OCH3 is 3. The molecule has 0 aliphatic carbocycles. The van der Waals surface area contributed by atoms with Gasteiger partial charge in [0.15, 0.2) is 23.0 Å². The van der Waals surface area contributed by atoms with E-state index in [1.807, 2.05) is 45.0 Å². The summed E-state index contributed by atoms with van der Waals surface area (Å²) >= 11 is 0. The number of hydrogen-bond acceptors (Lipinski definition) is 7. The van der Waals surface area contributed by atoms with Crippen molar-refractivity contribution < 1.29 is 28.5 Å². The van der Waals surface area contributed by atoms with Crippen LogP contribution in [0.4, 0.5) is 0 Å². The van der Waals surface area contributed by atoms with Crippen molar-refractivity contribution >= 4 is 17.6 Å². The van der Waals surface area contributed by atoms with Gasteiger partial charge in [0.05, 0.1) is 51.6 Å². The molecule has 0 fully saturated rings. The number of benzene rings is 2. The van der Waals surface area contributed by atoms with Crippen molar-refractivity contribution in [2.45, 2.75) is 65.7 Å². The first-order chi connectivity index (χ1) is 18.8. The van der Waals surface area contributed by atoms with Crippen LogP contribution in [-0.2, 0) is 9.53 Å². The minimum absolute atomic E-state index is 0.106. The molecule has 0 heterocycles. The fraction of sp³-hybridized carbons (Fsp3) is 0.500. The highest BCUT2D eigenvalue weighted by atomic mass is 16.5. The maximum atomic E-state index is 12.0. The zero-order valence-electron chi connectivity index (χ0n) is 24.3. The summed E-state index contributed by atoms with van der Waals surface area (Å²) in [6, 6.07) is 13.3. The van der Waals surface area contributed by atoms with Gasteiger partial charge in [-0.1, -0.05) is 38.7 Å². The second kappa shape index (κ2) is 16.3. The Morgan fingerprint density at radius 2 is 1.41 bits per heavy atom. The summed E-state index contributed by atoms with van der Waals surface area (Å²) in [4.78, 5) is 12.0. The first-order valence-electron chi connectivity index (χ1n) is 13.6. The topological polar surface area (TPSA) is 87.0 Å². The van der Waals surface area contributed by atoms with Crippen molar-refractivity contribution in [3.63, 3.8) is 0 Å². The molecular weight excluding hydrogens is 494 g/mol. The van der Waals surface area contributed by atoms with Gasteiger partial charge in [-0.2, -0.15) is 5.26 Å². The molecule has 2 aromatic rings. The molecule has 0 saturated carbocycles. The number of allylic oxidation sites excluding steroid dienone is 1. The van der Waals surface area contributed by atoms with Crippen molar-refractivity contribution in [3.8, 4) is 29.1 Å². The zero-order valence-corrected chi connectivity index (χ0v) is 24.3. The lowest BCUT2D eigenvalue weighted by atomic mass is 9.91. The predicted molar refractivity (Wildman–Crippen MR) is 154 cm³/mol. The Labute approximate surface area is 233 Å². The lowest BCUT2D eigenvalue weighted by Gasteiger charge is -2.20. The molecule has 0 amide bonds. The van der Waals surface area contributed by atoms with Crippen LogP contribution in [0.2, 0.25) is 0 Å². The van der Waals surface area contributed by atoms with Gasteiger partial charge in [0.25, 0.3) is 0 Å². The van der Waals surface area contributed by atoms with E-state index in [2.05, 4.69) is 6.07 Å². The number of carbonyl (C=O) groups excluding carboxylic acids is 1. The summed E-state index contributed by atoms with van der Waals surface area (Å²) in [5, 5.41) is 9.75. The first kappa shape index (κ1) is 31.6. The first-order valence-corrected chi connectivity index (χ1v) is 13.6. The maximum Gasteiger partial charge on any atom is 0.311 e. The normalized spacial score (nSPS) is 11.5. The van der Waals surface area contributed by atoms with Gasteiger partial charge in [-0.3, -0.25) is 4.79 Å². The van der Waals surface area contributed by atoms with E-state index in [0.29, 0.717) is 41.8 Å². The van der Waals surface area contributed by atoms with Gasteiger partial charge < -0.3 is 23.7 Å². The molecule has 0 radical (unpaired) electrons. The molecule has 0 unspecified atom stereocenters. The number of unbranched alkanes of at least 4 members (excludes halogenated alkanes) is 5. The van der Waals surface area contributed by atoms with Crippen LogP contribution in [0.15, 0.2) is 36.4 Å². The Morgan fingerprint density at radius 1 is 0.821 bits per heavy atom. The lowest BCUT2D eigenvalue weighted by molar-refractivity contribution is -0.154. The van der Waals surface area contributed by atoms with E-state index in [4.69, 9.17) is 23.7 Å².